The van der Waals surface area contributed by atoms with Crippen LogP contribution in [0.2, 0.25) is 0 Å². The number of ketones is 1. The lowest BCUT2D eigenvalue weighted by Gasteiger charge is -2.60. The minimum Gasteiger partial charge on any atom is -0.393 e. The number of piperazine rings is 1. The molecule has 9 nitrogen and oxygen atoms in total. The summed E-state index contributed by atoms with van der Waals surface area (Å²) in [5.74, 6) is 0.762. The van der Waals surface area contributed by atoms with Crippen LogP contribution in [0, 0.1) is 34.4 Å². The smallest absolute Gasteiger partial charge is 0.225 e. The first-order valence-electron chi connectivity index (χ1n) is 16.8. The lowest BCUT2D eigenvalue weighted by atomic mass is 9.45. The van der Waals surface area contributed by atoms with Gasteiger partial charge >= 0.3 is 0 Å². The molecule has 10 heteroatoms. The van der Waals surface area contributed by atoms with Gasteiger partial charge in [0.25, 0.3) is 0 Å². The zero-order valence-electron chi connectivity index (χ0n) is 26.6. The molecule has 4 fully saturated rings. The summed E-state index contributed by atoms with van der Waals surface area (Å²) < 4.78 is 15.5. The molecule has 1 aromatic carbocycles. The number of Topliss-reactive ketones (excluding diaryl/α,β-unsaturated/α-hetero) is 1. The fourth-order valence-corrected chi connectivity index (χ4v) is 10.3. The Morgan fingerprint density at radius 1 is 1.07 bits per heavy atom. The number of hydrogen-bond donors (Lipinski definition) is 2. The number of rotatable bonds is 5. The van der Waals surface area contributed by atoms with Crippen molar-refractivity contribution in [2.24, 2.45) is 28.6 Å². The number of carbonyl (C=O) groups is 1. The molecule has 3 saturated carbocycles. The fraction of sp³-hybridized carbons (Fsp3) is 0.556. The highest BCUT2D eigenvalue weighted by molar-refractivity contribution is 5.90. The highest BCUT2D eigenvalue weighted by Gasteiger charge is 2.68. The molecule has 0 radical (unpaired) electrons. The van der Waals surface area contributed by atoms with Crippen molar-refractivity contribution in [3.63, 3.8) is 0 Å². The van der Waals surface area contributed by atoms with Crippen molar-refractivity contribution in [2.45, 2.75) is 64.1 Å². The molecule has 0 bridgehead atoms. The third-order valence-electron chi connectivity index (χ3n) is 12.7. The standard InChI is InChI=1S/C36H43FN6O3/c1-34-19-23-21-40-43(26-7-5-25(37)6-8-26)29(23)18-24(34)4-9-27-28-10-11-36(46,35(28,2)20-30(44)32(27)34)31(45)22-41-14-16-42(17-15-41)33-38-12-3-13-39-33/h3,5-8,12-13,18,21,27-28,30,32,44,46H,4,9-11,14-17,19-20,22H2,1-2H3/t27?,28?,30?,32?,34-,35-,36-/m0/s1. The van der Waals surface area contributed by atoms with Crippen molar-refractivity contribution in [2.75, 3.05) is 37.6 Å². The molecule has 2 N–H and O–H groups in total. The van der Waals surface area contributed by atoms with E-state index in [0.717, 1.165) is 55.7 Å². The highest BCUT2D eigenvalue weighted by atomic mass is 19.1. The van der Waals surface area contributed by atoms with Gasteiger partial charge < -0.3 is 15.1 Å². The molecule has 3 heterocycles. The summed E-state index contributed by atoms with van der Waals surface area (Å²) in [4.78, 5) is 27.0. The van der Waals surface area contributed by atoms with E-state index in [1.165, 1.54) is 17.7 Å². The van der Waals surface area contributed by atoms with Crippen LogP contribution in [0.25, 0.3) is 11.8 Å². The van der Waals surface area contributed by atoms with Gasteiger partial charge in [-0.15, -0.1) is 0 Å². The Morgan fingerprint density at radius 2 is 1.80 bits per heavy atom. The number of anilines is 1. The molecule has 1 aliphatic heterocycles. The molecule has 242 valence electrons. The first-order valence-corrected chi connectivity index (χ1v) is 16.8. The molecule has 1 saturated heterocycles. The molecule has 0 spiro atoms. The number of benzene rings is 1. The van der Waals surface area contributed by atoms with Crippen LogP contribution in [0.3, 0.4) is 0 Å². The predicted molar refractivity (Wildman–Crippen MR) is 172 cm³/mol. The zero-order chi connectivity index (χ0) is 31.8. The van der Waals surface area contributed by atoms with Gasteiger partial charge in [0, 0.05) is 44.0 Å². The van der Waals surface area contributed by atoms with Crippen molar-refractivity contribution in [3.8, 4) is 5.69 Å². The highest BCUT2D eigenvalue weighted by Crippen LogP contribution is 2.67. The first-order chi connectivity index (χ1) is 22.1. The normalized spacial score (nSPS) is 35.5. The van der Waals surface area contributed by atoms with Crippen LogP contribution in [-0.4, -0.2) is 85.1 Å². The number of allylic oxidation sites excluding steroid dienone is 1. The van der Waals surface area contributed by atoms with Crippen LogP contribution in [0.4, 0.5) is 10.3 Å². The monoisotopic (exact) mass is 626 g/mol. The van der Waals surface area contributed by atoms with E-state index in [1.807, 2.05) is 10.9 Å². The van der Waals surface area contributed by atoms with E-state index in [9.17, 15) is 19.4 Å². The summed E-state index contributed by atoms with van der Waals surface area (Å²) in [7, 11) is 0. The number of fused-ring (bicyclic) bond motifs is 6. The summed E-state index contributed by atoms with van der Waals surface area (Å²) in [6, 6.07) is 8.22. The van der Waals surface area contributed by atoms with Gasteiger partial charge in [-0.1, -0.05) is 19.4 Å². The van der Waals surface area contributed by atoms with Gasteiger partial charge in [-0.25, -0.2) is 19.0 Å². The molecule has 4 aliphatic carbocycles. The number of halogens is 1. The van der Waals surface area contributed by atoms with Crippen molar-refractivity contribution in [1.82, 2.24) is 24.6 Å². The van der Waals surface area contributed by atoms with E-state index >= 15 is 0 Å². The second kappa shape index (κ2) is 10.8. The Labute approximate surface area is 269 Å². The minimum absolute atomic E-state index is 0.0404. The van der Waals surface area contributed by atoms with Crippen LogP contribution in [0.5, 0.6) is 0 Å². The number of aliphatic hydroxyl groups is 2. The Bertz CT molecular complexity index is 1670. The van der Waals surface area contributed by atoms with Crippen molar-refractivity contribution in [3.05, 3.63) is 71.6 Å². The van der Waals surface area contributed by atoms with E-state index < -0.39 is 17.1 Å². The maximum atomic E-state index is 14.0. The Morgan fingerprint density at radius 3 is 2.54 bits per heavy atom. The van der Waals surface area contributed by atoms with Crippen molar-refractivity contribution in [1.29, 1.82) is 0 Å². The van der Waals surface area contributed by atoms with E-state index in [-0.39, 0.29) is 41.3 Å². The molecule has 46 heavy (non-hydrogen) atoms. The fourth-order valence-electron chi connectivity index (χ4n) is 10.3. The third kappa shape index (κ3) is 4.43. The average Bonchev–Trinajstić information content (AvgIpc) is 3.58. The number of nitrogens with zero attached hydrogens (tertiary/aromatic N) is 6. The number of aliphatic hydroxyl groups excluding tert-OH is 1. The second-order valence-corrected chi connectivity index (χ2v) is 14.9. The average molecular weight is 627 g/mol. The predicted octanol–water partition coefficient (Wildman–Crippen LogP) is 4.08. The topological polar surface area (TPSA) is 108 Å². The summed E-state index contributed by atoms with van der Waals surface area (Å²) >= 11 is 0. The van der Waals surface area contributed by atoms with Gasteiger partial charge in [-0.05, 0) is 104 Å². The number of carbonyl (C=O) groups excluding carboxylic acids is 1. The molecule has 7 atom stereocenters. The first kappa shape index (κ1) is 29.9. The minimum atomic E-state index is -1.45. The summed E-state index contributed by atoms with van der Waals surface area (Å²) in [6.45, 7) is 7.48. The van der Waals surface area contributed by atoms with Gasteiger partial charge in [0.05, 0.1) is 30.2 Å². The maximum absolute atomic E-state index is 14.0. The lowest BCUT2D eigenvalue weighted by molar-refractivity contribution is -0.180. The van der Waals surface area contributed by atoms with Gasteiger partial charge in [-0.3, -0.25) is 9.69 Å². The quantitative estimate of drug-likeness (QED) is 0.437. The van der Waals surface area contributed by atoms with Gasteiger partial charge in [0.1, 0.15) is 11.4 Å². The van der Waals surface area contributed by atoms with Gasteiger partial charge in [0.2, 0.25) is 5.95 Å². The molecule has 4 unspecified atom stereocenters. The maximum Gasteiger partial charge on any atom is 0.225 e. The summed E-state index contributed by atoms with van der Waals surface area (Å²) in [5.41, 5.74) is 1.97. The lowest BCUT2D eigenvalue weighted by Crippen LogP contribution is -2.63. The second-order valence-electron chi connectivity index (χ2n) is 14.9. The Hall–Kier alpha value is -3.47. The largest absolute Gasteiger partial charge is 0.393 e. The van der Waals surface area contributed by atoms with Gasteiger partial charge in [0.15, 0.2) is 5.78 Å². The van der Waals surface area contributed by atoms with E-state index in [2.05, 4.69) is 44.8 Å². The molecule has 5 aliphatic rings. The SMILES string of the molecule is C[C@]12Cc3cnn(-c4ccc(F)cc4)c3C=C1CCC1C2C(O)C[C@@]2(C)C1CC[C@]2(O)C(=O)CN1CCN(c2ncccn2)CC1. The van der Waals surface area contributed by atoms with E-state index in [4.69, 9.17) is 0 Å². The van der Waals surface area contributed by atoms with Crippen LogP contribution < -0.4 is 4.90 Å². The molecule has 8 rings (SSSR count). The van der Waals surface area contributed by atoms with E-state index in [0.29, 0.717) is 31.9 Å². The molecule has 3 aromatic rings. The molecule has 2 aromatic heterocycles. The van der Waals surface area contributed by atoms with Gasteiger partial charge in [-0.2, -0.15) is 5.10 Å². The molecular weight excluding hydrogens is 583 g/mol. The Balaban J connectivity index is 1.00. The molecule has 0 amide bonds. The number of aromatic nitrogens is 4. The van der Waals surface area contributed by atoms with Crippen molar-refractivity contribution >= 4 is 17.8 Å². The summed E-state index contributed by atoms with van der Waals surface area (Å²) in [5, 5.41) is 29.0. The zero-order valence-corrected chi connectivity index (χ0v) is 26.6. The van der Waals surface area contributed by atoms with Crippen molar-refractivity contribution < 1.29 is 19.4 Å². The number of hydrogen-bond acceptors (Lipinski definition) is 8. The van der Waals surface area contributed by atoms with Crippen LogP contribution in [0.15, 0.2) is 54.5 Å². The molecular formula is C36H43FN6O3. The Kier molecular flexibility index (Phi) is 7.01. The third-order valence-corrected chi connectivity index (χ3v) is 12.7. The summed E-state index contributed by atoms with van der Waals surface area (Å²) in [6.07, 6.45) is 11.3. The van der Waals surface area contributed by atoms with Crippen LogP contribution in [0.1, 0.15) is 57.2 Å². The van der Waals surface area contributed by atoms with Crippen LogP contribution >= 0.6 is 0 Å². The van der Waals surface area contributed by atoms with Crippen LogP contribution in [-0.2, 0) is 11.2 Å². The van der Waals surface area contributed by atoms with E-state index in [1.54, 1.807) is 30.6 Å².